The molecule has 1 aromatic heterocycles. The normalized spacial score (nSPS) is 17.0. The molecule has 1 unspecified atom stereocenters. The molecule has 0 spiro atoms. The zero-order chi connectivity index (χ0) is 18.7. The predicted molar refractivity (Wildman–Crippen MR) is 89.6 cm³/mol. The summed E-state index contributed by atoms with van der Waals surface area (Å²) in [6.45, 7) is 2.59. The molecule has 1 N–H and O–H groups in total. The molecule has 0 bridgehead atoms. The Bertz CT molecular complexity index is 821. The van der Waals surface area contributed by atoms with E-state index in [1.54, 1.807) is 24.0 Å². The summed E-state index contributed by atoms with van der Waals surface area (Å²) in [6.07, 6.45) is 0.192. The van der Waals surface area contributed by atoms with Crippen LogP contribution in [0.5, 0.6) is 0 Å². The molecular formula is C18H20FN3O4. The Morgan fingerprint density at radius 1 is 1.50 bits per heavy atom. The lowest BCUT2D eigenvalue weighted by Crippen LogP contribution is -2.37. The van der Waals surface area contributed by atoms with Crippen molar-refractivity contribution >= 4 is 11.8 Å². The minimum absolute atomic E-state index is 0.0898. The highest BCUT2D eigenvalue weighted by molar-refractivity contribution is 5.94. The van der Waals surface area contributed by atoms with E-state index in [2.05, 4.69) is 10.5 Å². The highest BCUT2D eigenvalue weighted by Crippen LogP contribution is 2.18. The number of carbonyl (C=O) groups excluding carboxylic acids is 2. The van der Waals surface area contributed by atoms with Crippen LogP contribution in [0.4, 0.5) is 4.39 Å². The average Bonchev–Trinajstić information content (AvgIpc) is 3.11. The highest BCUT2D eigenvalue weighted by atomic mass is 19.1. The summed E-state index contributed by atoms with van der Waals surface area (Å²) in [5, 5.41) is 6.60. The molecule has 1 saturated heterocycles. The third kappa shape index (κ3) is 3.91. The number of rotatable bonds is 6. The molecule has 0 aliphatic carbocycles. The number of likely N-dealkylation sites (tertiary alicyclic amines) is 1. The second kappa shape index (κ2) is 7.65. The average molecular weight is 361 g/mol. The Kier molecular flexibility index (Phi) is 5.32. The Balaban J connectivity index is 1.63. The summed E-state index contributed by atoms with van der Waals surface area (Å²) in [5.74, 6) is -0.314. The number of ether oxygens (including phenoxy) is 1. The summed E-state index contributed by atoms with van der Waals surface area (Å²) in [6, 6.07) is 5.78. The molecule has 1 aliphatic rings. The lowest BCUT2D eigenvalue weighted by atomic mass is 10.2. The van der Waals surface area contributed by atoms with E-state index < -0.39 is 5.91 Å². The number of carbonyl (C=O) groups is 2. The van der Waals surface area contributed by atoms with Crippen molar-refractivity contribution in [2.75, 3.05) is 13.7 Å². The Morgan fingerprint density at radius 3 is 3.04 bits per heavy atom. The van der Waals surface area contributed by atoms with E-state index in [0.29, 0.717) is 30.0 Å². The standard InChI is InChI=1S/C18H20FN3O4/c1-11-15(10-25-2)17(21-26-11)18(24)20-14-7-16(23)22(9-14)8-12-4-3-5-13(19)6-12/h3-6,14H,7-10H2,1-2H3,(H,20,24). The Morgan fingerprint density at radius 2 is 2.31 bits per heavy atom. The zero-order valence-corrected chi connectivity index (χ0v) is 14.6. The molecule has 2 amide bonds. The molecule has 26 heavy (non-hydrogen) atoms. The topological polar surface area (TPSA) is 84.7 Å². The third-order valence-corrected chi connectivity index (χ3v) is 4.30. The van der Waals surface area contributed by atoms with Gasteiger partial charge in [-0.2, -0.15) is 0 Å². The summed E-state index contributed by atoms with van der Waals surface area (Å²) < 4.78 is 23.4. The van der Waals surface area contributed by atoms with Gasteiger partial charge in [0.2, 0.25) is 5.91 Å². The van der Waals surface area contributed by atoms with Crippen LogP contribution >= 0.6 is 0 Å². The molecule has 1 fully saturated rings. The van der Waals surface area contributed by atoms with Crippen molar-refractivity contribution in [3.63, 3.8) is 0 Å². The van der Waals surface area contributed by atoms with Gasteiger partial charge in [-0.1, -0.05) is 17.3 Å². The smallest absolute Gasteiger partial charge is 0.274 e. The van der Waals surface area contributed by atoms with Crippen LogP contribution in [0.2, 0.25) is 0 Å². The van der Waals surface area contributed by atoms with Crippen LogP contribution in [-0.4, -0.2) is 41.6 Å². The number of aromatic nitrogens is 1. The van der Waals surface area contributed by atoms with Gasteiger partial charge in [-0.25, -0.2) is 4.39 Å². The van der Waals surface area contributed by atoms with Crippen LogP contribution in [0.25, 0.3) is 0 Å². The number of hydrogen-bond acceptors (Lipinski definition) is 5. The van der Waals surface area contributed by atoms with Gasteiger partial charge >= 0.3 is 0 Å². The van der Waals surface area contributed by atoms with Gasteiger partial charge in [-0.05, 0) is 24.6 Å². The Labute approximate surface area is 150 Å². The second-order valence-corrected chi connectivity index (χ2v) is 6.28. The van der Waals surface area contributed by atoms with Crippen LogP contribution < -0.4 is 5.32 Å². The fourth-order valence-corrected chi connectivity index (χ4v) is 3.02. The third-order valence-electron chi connectivity index (χ3n) is 4.30. The lowest BCUT2D eigenvalue weighted by molar-refractivity contribution is -0.128. The van der Waals surface area contributed by atoms with Gasteiger partial charge < -0.3 is 19.5 Å². The van der Waals surface area contributed by atoms with Crippen LogP contribution in [-0.2, 0) is 22.7 Å². The second-order valence-electron chi connectivity index (χ2n) is 6.28. The molecule has 138 valence electrons. The first-order valence-corrected chi connectivity index (χ1v) is 8.25. The zero-order valence-electron chi connectivity index (χ0n) is 14.6. The molecule has 0 radical (unpaired) electrons. The number of hydrogen-bond donors (Lipinski definition) is 1. The van der Waals surface area contributed by atoms with E-state index in [1.165, 1.54) is 19.2 Å². The maximum Gasteiger partial charge on any atom is 0.274 e. The van der Waals surface area contributed by atoms with Crippen LogP contribution in [0.1, 0.15) is 33.8 Å². The number of nitrogens with zero attached hydrogens (tertiary/aromatic N) is 2. The molecular weight excluding hydrogens is 341 g/mol. The first-order chi connectivity index (χ1) is 12.5. The van der Waals surface area contributed by atoms with E-state index >= 15 is 0 Å². The summed E-state index contributed by atoms with van der Waals surface area (Å²) in [5.41, 5.74) is 1.46. The largest absolute Gasteiger partial charge is 0.380 e. The molecule has 2 heterocycles. The summed E-state index contributed by atoms with van der Waals surface area (Å²) >= 11 is 0. The Hall–Kier alpha value is -2.74. The number of halogens is 1. The highest BCUT2D eigenvalue weighted by Gasteiger charge is 2.32. The van der Waals surface area contributed by atoms with Crippen LogP contribution in [0, 0.1) is 12.7 Å². The first kappa shape index (κ1) is 18.1. The predicted octanol–water partition coefficient (Wildman–Crippen LogP) is 1.80. The van der Waals surface area contributed by atoms with Crippen molar-refractivity contribution < 1.29 is 23.2 Å². The molecule has 1 atom stereocenters. The SMILES string of the molecule is COCc1c(C(=O)NC2CC(=O)N(Cc3cccc(F)c3)C2)noc1C. The molecule has 0 saturated carbocycles. The van der Waals surface area contributed by atoms with Crippen LogP contribution in [0.3, 0.4) is 0 Å². The monoisotopic (exact) mass is 361 g/mol. The fourth-order valence-electron chi connectivity index (χ4n) is 3.02. The van der Waals surface area contributed by atoms with Crippen molar-refractivity contribution in [1.29, 1.82) is 0 Å². The molecule has 2 aromatic rings. The quantitative estimate of drug-likeness (QED) is 0.848. The minimum Gasteiger partial charge on any atom is -0.380 e. The van der Waals surface area contributed by atoms with Crippen LogP contribution in [0.15, 0.2) is 28.8 Å². The molecule has 7 nitrogen and oxygen atoms in total. The number of methoxy groups -OCH3 is 1. The van der Waals surface area contributed by atoms with E-state index in [0.717, 1.165) is 0 Å². The molecule has 8 heteroatoms. The number of nitrogens with one attached hydrogen (secondary N) is 1. The maximum atomic E-state index is 13.3. The molecule has 1 aromatic carbocycles. The van der Waals surface area contributed by atoms with Gasteiger partial charge in [-0.15, -0.1) is 0 Å². The van der Waals surface area contributed by atoms with Crippen molar-refractivity contribution in [2.45, 2.75) is 32.5 Å². The fraction of sp³-hybridized carbons (Fsp3) is 0.389. The lowest BCUT2D eigenvalue weighted by Gasteiger charge is -2.17. The van der Waals surface area contributed by atoms with E-state index in [4.69, 9.17) is 9.26 Å². The van der Waals surface area contributed by atoms with Gasteiger partial charge in [0, 0.05) is 26.6 Å². The van der Waals surface area contributed by atoms with Crippen molar-refractivity contribution in [3.8, 4) is 0 Å². The van der Waals surface area contributed by atoms with Gasteiger partial charge in [0.25, 0.3) is 5.91 Å². The van der Waals surface area contributed by atoms with Gasteiger partial charge in [0.1, 0.15) is 11.6 Å². The summed E-state index contributed by atoms with van der Waals surface area (Å²) in [4.78, 5) is 26.3. The van der Waals surface area contributed by atoms with Gasteiger partial charge in [0.15, 0.2) is 5.69 Å². The van der Waals surface area contributed by atoms with Gasteiger partial charge in [0.05, 0.1) is 18.2 Å². The van der Waals surface area contributed by atoms with E-state index in [-0.39, 0.29) is 36.5 Å². The van der Waals surface area contributed by atoms with Crippen molar-refractivity contribution in [3.05, 3.63) is 52.7 Å². The maximum absolute atomic E-state index is 13.3. The number of benzene rings is 1. The summed E-state index contributed by atoms with van der Waals surface area (Å²) in [7, 11) is 1.52. The number of aryl methyl sites for hydroxylation is 1. The van der Waals surface area contributed by atoms with E-state index in [9.17, 15) is 14.0 Å². The van der Waals surface area contributed by atoms with Gasteiger partial charge in [-0.3, -0.25) is 9.59 Å². The number of amides is 2. The molecule has 1 aliphatic heterocycles. The van der Waals surface area contributed by atoms with E-state index in [1.807, 2.05) is 0 Å². The van der Waals surface area contributed by atoms with Crippen molar-refractivity contribution in [1.82, 2.24) is 15.4 Å². The van der Waals surface area contributed by atoms with Crippen molar-refractivity contribution in [2.24, 2.45) is 0 Å². The minimum atomic E-state index is -0.403. The first-order valence-electron chi connectivity index (χ1n) is 8.25. The molecule has 3 rings (SSSR count).